The molecule has 1 unspecified atom stereocenters. The molecular formula is C22H29N5O4S2. The van der Waals surface area contributed by atoms with Crippen molar-refractivity contribution < 1.29 is 4.79 Å². The fourth-order valence-electron chi connectivity index (χ4n) is 3.57. The first-order valence-electron chi connectivity index (χ1n) is 10.8. The van der Waals surface area contributed by atoms with E-state index in [9.17, 15) is 19.2 Å². The van der Waals surface area contributed by atoms with Gasteiger partial charge in [-0.15, -0.1) is 11.3 Å². The summed E-state index contributed by atoms with van der Waals surface area (Å²) in [5, 5.41) is 0.901. The number of rotatable bonds is 9. The van der Waals surface area contributed by atoms with E-state index in [2.05, 4.69) is 28.8 Å². The Bertz CT molecular complexity index is 1370. The zero-order chi connectivity index (χ0) is 24.4. The molecule has 9 nitrogen and oxygen atoms in total. The van der Waals surface area contributed by atoms with Crippen LogP contribution in [0.1, 0.15) is 54.9 Å². The monoisotopic (exact) mass is 491 g/mol. The number of anilines is 1. The van der Waals surface area contributed by atoms with Crippen LogP contribution < -0.4 is 22.5 Å². The molecule has 3 aromatic heterocycles. The number of nitrogens with one attached hydrogen (secondary N) is 2. The highest BCUT2D eigenvalue weighted by atomic mass is 32.2. The fourth-order valence-corrected chi connectivity index (χ4v) is 5.42. The van der Waals surface area contributed by atoms with Crippen molar-refractivity contribution in [1.29, 1.82) is 0 Å². The molecule has 3 heterocycles. The van der Waals surface area contributed by atoms with Crippen molar-refractivity contribution in [3.05, 3.63) is 47.2 Å². The lowest BCUT2D eigenvalue weighted by Crippen LogP contribution is -2.37. The molecule has 4 N–H and O–H groups in total. The summed E-state index contributed by atoms with van der Waals surface area (Å²) >= 11 is 2.48. The number of hydrogen-bond acceptors (Lipinski definition) is 8. The summed E-state index contributed by atoms with van der Waals surface area (Å²) in [6.07, 6.45) is 1.83. The molecule has 0 aromatic carbocycles. The Morgan fingerprint density at radius 2 is 1.88 bits per heavy atom. The third kappa shape index (κ3) is 5.30. The van der Waals surface area contributed by atoms with Gasteiger partial charge in [0.1, 0.15) is 16.2 Å². The number of ketones is 1. The second-order valence-electron chi connectivity index (χ2n) is 8.64. The Morgan fingerprint density at radius 3 is 2.52 bits per heavy atom. The van der Waals surface area contributed by atoms with E-state index in [1.54, 1.807) is 0 Å². The number of H-pyrrole nitrogens is 2. The van der Waals surface area contributed by atoms with Gasteiger partial charge >= 0.3 is 5.69 Å². The van der Waals surface area contributed by atoms with E-state index in [-0.39, 0.29) is 35.2 Å². The summed E-state index contributed by atoms with van der Waals surface area (Å²) in [4.78, 5) is 61.2. The third-order valence-corrected chi connectivity index (χ3v) is 7.41. The first-order chi connectivity index (χ1) is 15.5. The van der Waals surface area contributed by atoms with Gasteiger partial charge in [0.2, 0.25) is 0 Å². The lowest BCUT2D eigenvalue weighted by molar-refractivity contribution is 0.102. The lowest BCUT2D eigenvalue weighted by atomic mass is 9.98. The quantitative estimate of drug-likeness (QED) is 0.237. The van der Waals surface area contributed by atoms with Crippen molar-refractivity contribution in [2.24, 2.45) is 11.8 Å². The molecule has 0 aliphatic rings. The SMILES string of the molecule is CCC(C)Cc1c(C)sc2nc(SCC(=O)c3c(N)n(CC(C)C)c(=O)[nH]c3=O)[nH]c(=O)c12. The zero-order valence-corrected chi connectivity index (χ0v) is 21.0. The highest BCUT2D eigenvalue weighted by Crippen LogP contribution is 2.30. The van der Waals surface area contributed by atoms with Gasteiger partial charge < -0.3 is 10.7 Å². The molecule has 11 heteroatoms. The maximum atomic E-state index is 12.8. The van der Waals surface area contributed by atoms with E-state index in [4.69, 9.17) is 5.73 Å². The van der Waals surface area contributed by atoms with Gasteiger partial charge in [-0.1, -0.05) is 45.9 Å². The van der Waals surface area contributed by atoms with Gasteiger partial charge in [0.05, 0.1) is 11.1 Å². The molecule has 0 aliphatic carbocycles. The van der Waals surface area contributed by atoms with Gasteiger partial charge in [0.25, 0.3) is 11.1 Å². The van der Waals surface area contributed by atoms with Crippen molar-refractivity contribution in [3.63, 3.8) is 0 Å². The number of nitrogen functional groups attached to an aromatic ring is 1. The van der Waals surface area contributed by atoms with Crippen LogP contribution in [0.4, 0.5) is 5.82 Å². The molecular weight excluding hydrogens is 462 g/mol. The molecule has 0 radical (unpaired) electrons. The van der Waals surface area contributed by atoms with Crippen molar-refractivity contribution in [2.45, 2.75) is 59.2 Å². The first kappa shape index (κ1) is 25.0. The average Bonchev–Trinajstić information content (AvgIpc) is 3.04. The van der Waals surface area contributed by atoms with E-state index in [1.165, 1.54) is 15.9 Å². The number of fused-ring (bicyclic) bond motifs is 1. The number of aryl methyl sites for hydroxylation is 1. The number of carbonyl (C=O) groups excluding carboxylic acids is 1. The number of nitrogens with two attached hydrogens (primary N) is 1. The summed E-state index contributed by atoms with van der Waals surface area (Å²) in [5.41, 5.74) is 5.09. The number of nitrogens with zero attached hydrogens (tertiary/aromatic N) is 2. The zero-order valence-electron chi connectivity index (χ0n) is 19.4. The summed E-state index contributed by atoms with van der Waals surface area (Å²) < 4.78 is 1.20. The minimum absolute atomic E-state index is 0.0914. The minimum atomic E-state index is -0.816. The highest BCUT2D eigenvalue weighted by molar-refractivity contribution is 7.99. The second-order valence-corrected chi connectivity index (χ2v) is 10.8. The lowest BCUT2D eigenvalue weighted by Gasteiger charge is -2.13. The molecule has 0 saturated carbocycles. The molecule has 0 bridgehead atoms. The molecule has 3 rings (SSSR count). The van der Waals surface area contributed by atoms with E-state index in [0.717, 1.165) is 35.0 Å². The van der Waals surface area contributed by atoms with Crippen LogP contribution in [0.25, 0.3) is 10.2 Å². The van der Waals surface area contributed by atoms with Crippen LogP contribution in [0, 0.1) is 18.8 Å². The molecule has 0 amide bonds. The van der Waals surface area contributed by atoms with Crippen molar-refractivity contribution in [2.75, 3.05) is 11.5 Å². The van der Waals surface area contributed by atoms with Crippen LogP contribution in [0.15, 0.2) is 19.5 Å². The molecule has 0 fully saturated rings. The number of thiophene rings is 1. The van der Waals surface area contributed by atoms with Gasteiger partial charge in [-0.25, -0.2) is 9.78 Å². The number of hydrogen-bond donors (Lipinski definition) is 3. The van der Waals surface area contributed by atoms with Gasteiger partial charge in [0, 0.05) is 11.4 Å². The highest BCUT2D eigenvalue weighted by Gasteiger charge is 2.21. The number of carbonyl (C=O) groups is 1. The Kier molecular flexibility index (Phi) is 7.63. The molecule has 0 spiro atoms. The van der Waals surface area contributed by atoms with Crippen molar-refractivity contribution in [1.82, 2.24) is 19.5 Å². The van der Waals surface area contributed by atoms with Gasteiger partial charge in [0.15, 0.2) is 10.9 Å². The third-order valence-electron chi connectivity index (χ3n) is 5.50. The van der Waals surface area contributed by atoms with Crippen LogP contribution in [-0.2, 0) is 13.0 Å². The van der Waals surface area contributed by atoms with E-state index in [1.807, 2.05) is 20.8 Å². The second kappa shape index (κ2) is 10.1. The van der Waals surface area contributed by atoms with E-state index < -0.39 is 17.0 Å². The summed E-state index contributed by atoms with van der Waals surface area (Å²) in [5.74, 6) is -0.308. The predicted octanol–water partition coefficient (Wildman–Crippen LogP) is 2.94. The van der Waals surface area contributed by atoms with Gasteiger partial charge in [-0.05, 0) is 30.7 Å². The van der Waals surface area contributed by atoms with E-state index >= 15 is 0 Å². The smallest absolute Gasteiger partial charge is 0.329 e. The topological polar surface area (TPSA) is 144 Å². The largest absolute Gasteiger partial charge is 0.384 e. The van der Waals surface area contributed by atoms with Crippen LogP contribution in [0.5, 0.6) is 0 Å². The standard InChI is InChI=1S/C22H29N5O4S2/c1-6-11(4)7-13-12(5)33-20-15(13)18(29)24-21(26-20)32-9-14(28)16-17(23)27(8-10(2)3)22(31)25-19(16)30/h10-11H,6-9,23H2,1-5H3,(H,24,26,29)(H,25,30,31). The van der Waals surface area contributed by atoms with Crippen LogP contribution in [0.2, 0.25) is 0 Å². The number of aromatic nitrogens is 4. The molecule has 1 atom stereocenters. The molecule has 0 saturated heterocycles. The number of Topliss-reactive ketones (excluding diaryl/α,β-unsaturated/α-hetero) is 1. The van der Waals surface area contributed by atoms with Gasteiger partial charge in [-0.2, -0.15) is 0 Å². The summed E-state index contributed by atoms with van der Waals surface area (Å²) in [6.45, 7) is 10.3. The molecule has 0 aliphatic heterocycles. The van der Waals surface area contributed by atoms with Crippen LogP contribution >= 0.6 is 23.1 Å². The Labute approximate surface area is 198 Å². The first-order valence-corrected chi connectivity index (χ1v) is 12.6. The fraction of sp³-hybridized carbons (Fsp3) is 0.500. The molecule has 178 valence electrons. The molecule has 33 heavy (non-hydrogen) atoms. The van der Waals surface area contributed by atoms with Crippen LogP contribution in [-0.4, -0.2) is 31.1 Å². The normalized spacial score (nSPS) is 12.5. The minimum Gasteiger partial charge on any atom is -0.384 e. The number of thioether (sulfide) groups is 1. The average molecular weight is 492 g/mol. The Hall–Kier alpha value is -2.66. The number of aromatic amines is 2. The van der Waals surface area contributed by atoms with Crippen molar-refractivity contribution in [3.8, 4) is 0 Å². The van der Waals surface area contributed by atoms with E-state index in [0.29, 0.717) is 21.3 Å². The van der Waals surface area contributed by atoms with Gasteiger partial charge in [-0.3, -0.25) is 23.9 Å². The molecule has 3 aromatic rings. The Balaban J connectivity index is 1.88. The Morgan fingerprint density at radius 1 is 1.18 bits per heavy atom. The predicted molar refractivity (Wildman–Crippen MR) is 134 cm³/mol. The summed E-state index contributed by atoms with van der Waals surface area (Å²) in [7, 11) is 0. The van der Waals surface area contributed by atoms with Crippen LogP contribution in [0.3, 0.4) is 0 Å². The van der Waals surface area contributed by atoms with Crippen molar-refractivity contribution >= 4 is 44.9 Å². The maximum absolute atomic E-state index is 12.8. The summed E-state index contributed by atoms with van der Waals surface area (Å²) in [6, 6.07) is 0. The maximum Gasteiger partial charge on any atom is 0.329 e.